The Kier molecular flexibility index (Phi) is 2.98. The van der Waals surface area contributed by atoms with E-state index in [0.29, 0.717) is 0 Å². The fourth-order valence-corrected chi connectivity index (χ4v) is 1.04. The highest BCUT2D eigenvalue weighted by atomic mass is 35.9. The maximum atomic E-state index is 10.3. The zero-order valence-corrected chi connectivity index (χ0v) is 6.01. The van der Waals surface area contributed by atoms with Gasteiger partial charge in [-0.25, -0.2) is 0 Å². The lowest BCUT2D eigenvalue weighted by molar-refractivity contribution is 0.594. The van der Waals surface area contributed by atoms with Gasteiger partial charge in [-0.2, -0.15) is 0 Å². The van der Waals surface area contributed by atoms with Crippen LogP contribution in [-0.4, -0.2) is 6.16 Å². The third kappa shape index (κ3) is 6.55. The molecular weight excluding hydrogens is 154 g/mol. The van der Waals surface area contributed by atoms with E-state index in [-0.39, 0.29) is 6.16 Å². The minimum absolute atomic E-state index is 0.191. The third-order valence-corrected chi connectivity index (χ3v) is 1.85. The summed E-state index contributed by atoms with van der Waals surface area (Å²) in [6.45, 7) is 3.30. The van der Waals surface area contributed by atoms with Crippen molar-refractivity contribution in [2.75, 3.05) is 6.16 Å². The number of hydrogen-bond donors (Lipinski definition) is 0. The molecule has 0 heterocycles. The molecule has 0 saturated heterocycles. The van der Waals surface area contributed by atoms with E-state index in [1.165, 1.54) is 6.08 Å². The zero-order valence-electron chi connectivity index (χ0n) is 3.60. The molecule has 0 saturated carbocycles. The van der Waals surface area contributed by atoms with Crippen LogP contribution in [0.3, 0.4) is 0 Å². The van der Waals surface area contributed by atoms with Crippen LogP contribution < -0.4 is 0 Å². The van der Waals surface area contributed by atoms with Crippen molar-refractivity contribution in [2.45, 2.75) is 0 Å². The van der Waals surface area contributed by atoms with Crippen molar-refractivity contribution in [3.63, 3.8) is 0 Å². The normalized spacial score (nSPS) is 11.1. The molecule has 0 aliphatic carbocycles. The first-order chi connectivity index (χ1) is 3.06. The smallest absolute Gasteiger partial charge is 0.256 e. The van der Waals surface area contributed by atoms with E-state index < -0.39 is 5.85 Å². The molecule has 0 N–H and O–H groups in total. The molecule has 0 rings (SSSR count). The Labute approximate surface area is 52.3 Å². The topological polar surface area (TPSA) is 17.1 Å². The minimum atomic E-state index is -2.84. The predicted molar refractivity (Wildman–Crippen MR) is 34.4 cm³/mol. The highest BCUT2D eigenvalue weighted by molar-refractivity contribution is 8.08. The molecule has 0 radical (unpaired) electrons. The Morgan fingerprint density at radius 1 is 1.71 bits per heavy atom. The van der Waals surface area contributed by atoms with Gasteiger partial charge in [-0.1, -0.05) is 6.08 Å². The second-order valence-electron chi connectivity index (χ2n) is 1.04. The van der Waals surface area contributed by atoms with Crippen molar-refractivity contribution < 1.29 is 4.57 Å². The molecule has 0 aromatic heterocycles. The van der Waals surface area contributed by atoms with Gasteiger partial charge in [-0.15, -0.1) is 6.58 Å². The van der Waals surface area contributed by atoms with Gasteiger partial charge >= 0.3 is 0 Å². The Hall–Kier alpha value is 0.550. The highest BCUT2D eigenvalue weighted by Gasteiger charge is 2.08. The first-order valence-corrected chi connectivity index (χ1v) is 5.36. The molecule has 0 aliphatic heterocycles. The Balaban J connectivity index is 3.57. The molecule has 0 aromatic carbocycles. The summed E-state index contributed by atoms with van der Waals surface area (Å²) in [5.74, 6) is -2.84. The molecule has 0 aromatic rings. The van der Waals surface area contributed by atoms with Crippen LogP contribution in [0.25, 0.3) is 0 Å². The average molecular weight is 159 g/mol. The maximum absolute atomic E-state index is 10.3. The van der Waals surface area contributed by atoms with Crippen LogP contribution in [0.15, 0.2) is 12.7 Å². The lowest BCUT2D eigenvalue weighted by atomic mass is 10.8. The summed E-state index contributed by atoms with van der Waals surface area (Å²) in [7, 11) is 0. The molecule has 0 bridgehead atoms. The van der Waals surface area contributed by atoms with E-state index in [1.807, 2.05) is 0 Å². The Morgan fingerprint density at radius 3 is 2.14 bits per heavy atom. The molecular formula is C3H5Cl2OP. The molecule has 1 nitrogen and oxygen atoms in total. The summed E-state index contributed by atoms with van der Waals surface area (Å²) in [5, 5.41) is 0. The fourth-order valence-electron chi connectivity index (χ4n) is 0.150. The molecule has 0 unspecified atom stereocenters. The van der Waals surface area contributed by atoms with Gasteiger partial charge in [0.15, 0.2) is 0 Å². The van der Waals surface area contributed by atoms with Crippen molar-refractivity contribution in [3.05, 3.63) is 12.7 Å². The first kappa shape index (κ1) is 7.55. The number of allylic oxidation sites excluding steroid dienone is 1. The van der Waals surface area contributed by atoms with Crippen LogP contribution >= 0.6 is 28.3 Å². The van der Waals surface area contributed by atoms with E-state index in [9.17, 15) is 4.57 Å². The van der Waals surface area contributed by atoms with Gasteiger partial charge in [0, 0.05) is 6.16 Å². The van der Waals surface area contributed by atoms with E-state index in [2.05, 4.69) is 6.58 Å². The molecule has 0 spiro atoms. The summed E-state index contributed by atoms with van der Waals surface area (Å²) in [6, 6.07) is 0. The number of hydrogen-bond acceptors (Lipinski definition) is 1. The largest absolute Gasteiger partial charge is 0.289 e. The molecule has 42 valence electrons. The number of rotatable bonds is 2. The fraction of sp³-hybridized carbons (Fsp3) is 0.333. The van der Waals surface area contributed by atoms with E-state index in [4.69, 9.17) is 22.5 Å². The van der Waals surface area contributed by atoms with Crippen LogP contribution in [-0.2, 0) is 4.57 Å². The summed E-state index contributed by atoms with van der Waals surface area (Å²) in [4.78, 5) is 0. The third-order valence-electron chi connectivity index (χ3n) is 0.342. The lowest BCUT2D eigenvalue weighted by Crippen LogP contribution is -1.63. The quantitative estimate of drug-likeness (QED) is 0.447. The molecule has 0 amide bonds. The minimum Gasteiger partial charge on any atom is -0.289 e. The van der Waals surface area contributed by atoms with Gasteiger partial charge in [-0.05, 0) is 22.5 Å². The van der Waals surface area contributed by atoms with Gasteiger partial charge < -0.3 is 0 Å². The van der Waals surface area contributed by atoms with Crippen molar-refractivity contribution in [1.29, 1.82) is 0 Å². The van der Waals surface area contributed by atoms with E-state index >= 15 is 0 Å². The molecule has 0 aliphatic rings. The summed E-state index contributed by atoms with van der Waals surface area (Å²) in [5.41, 5.74) is 0. The van der Waals surface area contributed by atoms with E-state index in [1.54, 1.807) is 0 Å². The van der Waals surface area contributed by atoms with Gasteiger partial charge in [0.1, 0.15) is 0 Å². The van der Waals surface area contributed by atoms with Crippen molar-refractivity contribution in [2.24, 2.45) is 0 Å². The van der Waals surface area contributed by atoms with Crippen LogP contribution in [0.1, 0.15) is 0 Å². The second-order valence-corrected chi connectivity index (χ2v) is 6.34. The lowest BCUT2D eigenvalue weighted by Gasteiger charge is -1.90. The summed E-state index contributed by atoms with van der Waals surface area (Å²) >= 11 is 10.2. The van der Waals surface area contributed by atoms with Gasteiger partial charge in [0.05, 0.1) is 0 Å². The standard InChI is InChI=1S/C3H5Cl2OP/c1-2-3-7(4,5)6/h2H,1,3H2. The van der Waals surface area contributed by atoms with Crippen LogP contribution in [0, 0.1) is 0 Å². The van der Waals surface area contributed by atoms with Gasteiger partial charge in [0.2, 0.25) is 0 Å². The Bertz CT molecular complexity index is 106. The van der Waals surface area contributed by atoms with E-state index in [0.717, 1.165) is 0 Å². The number of halogens is 2. The monoisotopic (exact) mass is 158 g/mol. The highest BCUT2D eigenvalue weighted by Crippen LogP contribution is 2.56. The molecule has 0 atom stereocenters. The van der Waals surface area contributed by atoms with Crippen molar-refractivity contribution in [1.82, 2.24) is 0 Å². The maximum Gasteiger partial charge on any atom is 0.256 e. The SMILES string of the molecule is C=CCP(=O)(Cl)Cl. The zero-order chi connectivity index (χ0) is 5.91. The molecule has 0 fully saturated rings. The van der Waals surface area contributed by atoms with Crippen molar-refractivity contribution >= 4 is 28.3 Å². The van der Waals surface area contributed by atoms with Crippen LogP contribution in [0.2, 0.25) is 0 Å². The average Bonchev–Trinajstić information content (AvgIpc) is 1.30. The van der Waals surface area contributed by atoms with Crippen LogP contribution in [0.5, 0.6) is 0 Å². The first-order valence-electron chi connectivity index (χ1n) is 1.65. The predicted octanol–water partition coefficient (Wildman–Crippen LogP) is 2.84. The molecule has 4 heteroatoms. The van der Waals surface area contributed by atoms with Crippen LogP contribution in [0.4, 0.5) is 0 Å². The van der Waals surface area contributed by atoms with Gasteiger partial charge in [-0.3, -0.25) is 4.57 Å². The second kappa shape index (κ2) is 2.76. The van der Waals surface area contributed by atoms with Gasteiger partial charge in [0.25, 0.3) is 5.85 Å². The summed E-state index contributed by atoms with van der Waals surface area (Å²) in [6.07, 6.45) is 1.62. The summed E-state index contributed by atoms with van der Waals surface area (Å²) < 4.78 is 10.3. The Morgan fingerprint density at radius 2 is 2.14 bits per heavy atom. The van der Waals surface area contributed by atoms with Crippen molar-refractivity contribution in [3.8, 4) is 0 Å². The molecule has 7 heavy (non-hydrogen) atoms.